The van der Waals surface area contributed by atoms with Crippen LogP contribution in [-0.4, -0.2) is 38.1 Å². The molecular formula is C21H19BrN2O6. The molecule has 0 bridgehead atoms. The summed E-state index contributed by atoms with van der Waals surface area (Å²) in [5.74, 6) is -1.14. The molecule has 0 saturated carbocycles. The first-order valence-corrected chi connectivity index (χ1v) is 9.69. The van der Waals surface area contributed by atoms with Crippen LogP contribution >= 0.6 is 15.9 Å². The largest absolute Gasteiger partial charge is 0.493 e. The number of hydrazine groups is 1. The monoisotopic (exact) mass is 474 g/mol. The van der Waals surface area contributed by atoms with Gasteiger partial charge in [0.1, 0.15) is 5.57 Å². The van der Waals surface area contributed by atoms with Gasteiger partial charge in [-0.2, -0.15) is 0 Å². The molecule has 0 aliphatic carbocycles. The molecule has 2 amide bonds. The second kappa shape index (κ2) is 9.00. The first-order valence-electron chi connectivity index (χ1n) is 8.90. The number of esters is 1. The van der Waals surface area contributed by atoms with Crippen LogP contribution in [0.25, 0.3) is 6.08 Å². The second-order valence-electron chi connectivity index (χ2n) is 6.28. The van der Waals surface area contributed by atoms with Crippen molar-refractivity contribution in [3.8, 4) is 11.5 Å². The zero-order valence-corrected chi connectivity index (χ0v) is 18.1. The predicted molar refractivity (Wildman–Crippen MR) is 113 cm³/mol. The molecule has 1 saturated heterocycles. The van der Waals surface area contributed by atoms with Crippen molar-refractivity contribution in [3.63, 3.8) is 0 Å². The fourth-order valence-corrected chi connectivity index (χ4v) is 3.29. The molecular weight excluding hydrogens is 456 g/mol. The molecule has 8 nitrogen and oxygen atoms in total. The maximum absolute atomic E-state index is 12.9. The third-order valence-corrected chi connectivity index (χ3v) is 4.76. The van der Waals surface area contributed by atoms with Gasteiger partial charge in [0.25, 0.3) is 11.8 Å². The van der Waals surface area contributed by atoms with Crippen molar-refractivity contribution in [2.24, 2.45) is 0 Å². The van der Waals surface area contributed by atoms with E-state index in [1.807, 2.05) is 6.07 Å². The first-order chi connectivity index (χ1) is 14.3. The van der Waals surface area contributed by atoms with Crippen LogP contribution in [0, 0.1) is 0 Å². The van der Waals surface area contributed by atoms with E-state index in [1.165, 1.54) is 32.2 Å². The summed E-state index contributed by atoms with van der Waals surface area (Å²) in [5.41, 5.74) is 3.36. The molecule has 0 radical (unpaired) electrons. The zero-order valence-electron chi connectivity index (χ0n) is 16.5. The number of benzene rings is 2. The zero-order chi connectivity index (χ0) is 21.8. The molecule has 1 heterocycles. The van der Waals surface area contributed by atoms with E-state index < -0.39 is 23.9 Å². The highest BCUT2D eigenvalue weighted by Gasteiger charge is 2.35. The van der Waals surface area contributed by atoms with E-state index in [1.54, 1.807) is 36.4 Å². The molecule has 2 aromatic carbocycles. The number of carbonyl (C=O) groups is 3. The third-order valence-electron chi connectivity index (χ3n) is 4.30. The molecule has 1 fully saturated rings. The fourth-order valence-electron chi connectivity index (χ4n) is 2.84. The van der Waals surface area contributed by atoms with Gasteiger partial charge in [0, 0.05) is 10.0 Å². The van der Waals surface area contributed by atoms with Crippen LogP contribution in [0.15, 0.2) is 52.5 Å². The Kier molecular flexibility index (Phi) is 6.41. The van der Waals surface area contributed by atoms with Gasteiger partial charge in [-0.3, -0.25) is 15.0 Å². The Morgan fingerprint density at radius 3 is 2.50 bits per heavy atom. The fraction of sp³-hybridized carbons (Fsp3) is 0.190. The van der Waals surface area contributed by atoms with Crippen molar-refractivity contribution in [1.82, 2.24) is 5.43 Å². The smallest absolute Gasteiger partial charge is 0.346 e. The number of anilines is 1. The van der Waals surface area contributed by atoms with Crippen molar-refractivity contribution >= 4 is 45.5 Å². The van der Waals surface area contributed by atoms with E-state index in [0.717, 1.165) is 0 Å². The topological polar surface area (TPSA) is 94.2 Å². The highest BCUT2D eigenvalue weighted by atomic mass is 79.9. The molecule has 9 heteroatoms. The molecule has 1 unspecified atom stereocenters. The van der Waals surface area contributed by atoms with Gasteiger partial charge >= 0.3 is 5.97 Å². The number of hydrogen-bond acceptors (Lipinski definition) is 6. The number of methoxy groups -OCH3 is 2. The van der Waals surface area contributed by atoms with Gasteiger partial charge in [-0.25, -0.2) is 9.80 Å². The predicted octanol–water partition coefficient (Wildman–Crippen LogP) is 2.86. The van der Waals surface area contributed by atoms with E-state index in [9.17, 15) is 14.4 Å². The molecule has 0 spiro atoms. The van der Waals surface area contributed by atoms with Gasteiger partial charge in [0.15, 0.2) is 17.6 Å². The van der Waals surface area contributed by atoms with Gasteiger partial charge in [-0.05, 0) is 37.3 Å². The Bertz CT molecular complexity index is 1020. The Morgan fingerprint density at radius 1 is 1.17 bits per heavy atom. The van der Waals surface area contributed by atoms with Crippen LogP contribution in [0.4, 0.5) is 5.69 Å². The molecule has 0 aromatic heterocycles. The average molecular weight is 475 g/mol. The number of amides is 2. The maximum atomic E-state index is 12.9. The number of nitrogens with one attached hydrogen (secondary N) is 1. The highest BCUT2D eigenvalue weighted by molar-refractivity contribution is 9.10. The molecule has 2 aromatic rings. The molecule has 156 valence electrons. The lowest BCUT2D eigenvalue weighted by Crippen LogP contribution is -2.35. The van der Waals surface area contributed by atoms with Crippen LogP contribution in [0.3, 0.4) is 0 Å². The summed E-state index contributed by atoms with van der Waals surface area (Å²) in [4.78, 5) is 37.2. The van der Waals surface area contributed by atoms with Crippen molar-refractivity contribution in [1.29, 1.82) is 0 Å². The van der Waals surface area contributed by atoms with E-state index in [4.69, 9.17) is 14.2 Å². The van der Waals surface area contributed by atoms with Crippen LogP contribution in [0.2, 0.25) is 0 Å². The lowest BCUT2D eigenvalue weighted by atomic mass is 10.1. The molecule has 30 heavy (non-hydrogen) atoms. The Labute approximate surface area is 181 Å². The number of rotatable bonds is 6. The lowest BCUT2D eigenvalue weighted by Gasteiger charge is -2.18. The first kappa shape index (κ1) is 21.4. The van der Waals surface area contributed by atoms with Crippen LogP contribution < -0.4 is 19.9 Å². The van der Waals surface area contributed by atoms with Gasteiger partial charge < -0.3 is 14.2 Å². The summed E-state index contributed by atoms with van der Waals surface area (Å²) >= 11 is 3.37. The summed E-state index contributed by atoms with van der Waals surface area (Å²) in [6.07, 6.45) is 0.462. The minimum absolute atomic E-state index is 0.0884. The van der Waals surface area contributed by atoms with Crippen LogP contribution in [0.5, 0.6) is 11.5 Å². The number of para-hydroxylation sites is 1. The van der Waals surface area contributed by atoms with Gasteiger partial charge in [0.2, 0.25) is 0 Å². The third kappa shape index (κ3) is 4.30. The second-order valence-corrected chi connectivity index (χ2v) is 7.20. The quantitative estimate of drug-likeness (QED) is 0.393. The van der Waals surface area contributed by atoms with Gasteiger partial charge in [0.05, 0.1) is 19.9 Å². The van der Waals surface area contributed by atoms with Gasteiger partial charge in [-0.1, -0.05) is 34.1 Å². The Balaban J connectivity index is 2.03. The standard InChI is InChI=1S/C21H19BrN2O6/c1-12(21(27)29-3)30-18-13(9-14(22)11-17(18)28-2)10-16-19(25)23-24(20(16)26)15-7-5-4-6-8-15/h4-12H,1-3H3,(H,23,25). The summed E-state index contributed by atoms with van der Waals surface area (Å²) in [6.45, 7) is 1.52. The summed E-state index contributed by atoms with van der Waals surface area (Å²) in [7, 11) is 2.70. The number of nitrogens with zero attached hydrogens (tertiary/aromatic N) is 1. The Hall–Kier alpha value is -3.33. The van der Waals surface area contributed by atoms with Crippen molar-refractivity contribution in [3.05, 3.63) is 58.1 Å². The SMILES string of the molecule is COC(=O)C(C)Oc1c(C=C2C(=O)NN(c3ccccc3)C2=O)cc(Br)cc1OC. The molecule has 1 atom stereocenters. The number of ether oxygens (including phenoxy) is 3. The summed E-state index contributed by atoms with van der Waals surface area (Å²) in [6, 6.07) is 12.0. The molecule has 1 N–H and O–H groups in total. The summed E-state index contributed by atoms with van der Waals surface area (Å²) in [5, 5.41) is 1.17. The van der Waals surface area contributed by atoms with Crippen LogP contribution in [0.1, 0.15) is 12.5 Å². The van der Waals surface area contributed by atoms with Crippen molar-refractivity contribution < 1.29 is 28.6 Å². The van der Waals surface area contributed by atoms with Gasteiger partial charge in [-0.15, -0.1) is 0 Å². The van der Waals surface area contributed by atoms with Crippen molar-refractivity contribution in [2.75, 3.05) is 19.2 Å². The van der Waals surface area contributed by atoms with E-state index >= 15 is 0 Å². The lowest BCUT2D eigenvalue weighted by molar-refractivity contribution is -0.148. The van der Waals surface area contributed by atoms with E-state index in [2.05, 4.69) is 21.4 Å². The minimum Gasteiger partial charge on any atom is -0.493 e. The Morgan fingerprint density at radius 2 is 1.87 bits per heavy atom. The normalized spacial score (nSPS) is 15.7. The summed E-state index contributed by atoms with van der Waals surface area (Å²) < 4.78 is 16.4. The van der Waals surface area contributed by atoms with E-state index in [0.29, 0.717) is 21.5 Å². The number of hydrogen-bond donors (Lipinski definition) is 1. The van der Waals surface area contributed by atoms with Crippen molar-refractivity contribution in [2.45, 2.75) is 13.0 Å². The minimum atomic E-state index is -0.934. The molecule has 3 rings (SSSR count). The number of halogens is 1. The number of carbonyl (C=O) groups excluding carboxylic acids is 3. The highest BCUT2D eigenvalue weighted by Crippen LogP contribution is 2.37. The van der Waals surface area contributed by atoms with E-state index in [-0.39, 0.29) is 11.3 Å². The van der Waals surface area contributed by atoms with Crippen LogP contribution in [-0.2, 0) is 19.1 Å². The molecule has 1 aliphatic rings. The molecule has 1 aliphatic heterocycles. The maximum Gasteiger partial charge on any atom is 0.346 e. The average Bonchev–Trinajstić information content (AvgIpc) is 3.03.